The number of nitro groups is 1. The van der Waals surface area contributed by atoms with Crippen LogP contribution in [0.3, 0.4) is 0 Å². The van der Waals surface area contributed by atoms with E-state index in [1.54, 1.807) is 0 Å². The zero-order chi connectivity index (χ0) is 13.1. The lowest BCUT2D eigenvalue weighted by Crippen LogP contribution is -2.21. The van der Waals surface area contributed by atoms with Crippen molar-refractivity contribution < 1.29 is 9.66 Å². The predicted octanol–water partition coefficient (Wildman–Crippen LogP) is 1.99. The molecule has 0 aliphatic heterocycles. The molecule has 2 N–H and O–H groups in total. The van der Waals surface area contributed by atoms with Gasteiger partial charge in [0.25, 0.3) is 5.88 Å². The van der Waals surface area contributed by atoms with Crippen molar-refractivity contribution in [2.24, 2.45) is 0 Å². The molecule has 0 bridgehead atoms. The van der Waals surface area contributed by atoms with Gasteiger partial charge in [0.1, 0.15) is 11.8 Å². The topological polar surface area (TPSA) is 104 Å². The van der Waals surface area contributed by atoms with Crippen molar-refractivity contribution in [1.82, 2.24) is 9.97 Å². The van der Waals surface area contributed by atoms with Gasteiger partial charge in [-0.2, -0.15) is 4.98 Å². The smallest absolute Gasteiger partial charge is 0.352 e. The Morgan fingerprint density at radius 1 is 1.33 bits per heavy atom. The van der Waals surface area contributed by atoms with Crippen LogP contribution in [-0.4, -0.2) is 21.0 Å². The number of rotatable bonds is 3. The van der Waals surface area contributed by atoms with Gasteiger partial charge in [-0.3, -0.25) is 10.1 Å². The molecule has 1 aromatic heterocycles. The van der Waals surface area contributed by atoms with Gasteiger partial charge in [-0.15, -0.1) is 0 Å². The van der Waals surface area contributed by atoms with Crippen molar-refractivity contribution in [2.75, 3.05) is 5.73 Å². The molecular formula is C11H16N4O3. The highest BCUT2D eigenvalue weighted by atomic mass is 16.6. The monoisotopic (exact) mass is 252 g/mol. The normalized spacial score (nSPS) is 16.5. The summed E-state index contributed by atoms with van der Waals surface area (Å²) in [5.41, 5.74) is 5.56. The fourth-order valence-corrected chi connectivity index (χ4v) is 2.19. The third-order valence-corrected chi connectivity index (χ3v) is 3.06. The summed E-state index contributed by atoms with van der Waals surface area (Å²) in [6, 6.07) is 0. The minimum atomic E-state index is -0.521. The number of ether oxygens (including phenoxy) is 1. The Labute approximate surface area is 105 Å². The molecule has 7 heteroatoms. The summed E-state index contributed by atoms with van der Waals surface area (Å²) in [5.74, 6) is 0.000749. The van der Waals surface area contributed by atoms with E-state index >= 15 is 0 Å². The largest absolute Gasteiger partial charge is 0.469 e. The standard InChI is InChI=1S/C11H16N4O3/c1-7-9(15(16)17)10(14-11(12)13-7)18-8-5-3-2-4-6-8/h8H,2-6H2,1H3,(H2,12,13,14). The first-order valence-corrected chi connectivity index (χ1v) is 6.03. The maximum atomic E-state index is 11.0. The van der Waals surface area contributed by atoms with Crippen molar-refractivity contribution in [2.45, 2.75) is 45.1 Å². The van der Waals surface area contributed by atoms with Crippen LogP contribution in [-0.2, 0) is 0 Å². The van der Waals surface area contributed by atoms with E-state index in [2.05, 4.69) is 9.97 Å². The lowest BCUT2D eigenvalue weighted by Gasteiger charge is -2.22. The van der Waals surface area contributed by atoms with Crippen LogP contribution in [0.15, 0.2) is 0 Å². The van der Waals surface area contributed by atoms with Crippen LogP contribution < -0.4 is 10.5 Å². The molecule has 1 fully saturated rings. The Hall–Kier alpha value is -1.92. The molecule has 0 aromatic carbocycles. The van der Waals surface area contributed by atoms with E-state index in [1.165, 1.54) is 13.3 Å². The molecule has 1 saturated carbocycles. The van der Waals surface area contributed by atoms with E-state index in [0.717, 1.165) is 25.7 Å². The summed E-state index contributed by atoms with van der Waals surface area (Å²) < 4.78 is 5.64. The lowest BCUT2D eigenvalue weighted by molar-refractivity contribution is -0.387. The molecule has 7 nitrogen and oxygen atoms in total. The number of aryl methyl sites for hydroxylation is 1. The third-order valence-electron chi connectivity index (χ3n) is 3.06. The summed E-state index contributed by atoms with van der Waals surface area (Å²) in [4.78, 5) is 18.1. The summed E-state index contributed by atoms with van der Waals surface area (Å²) in [6.07, 6.45) is 5.15. The van der Waals surface area contributed by atoms with E-state index in [4.69, 9.17) is 10.5 Å². The number of hydrogen-bond acceptors (Lipinski definition) is 6. The molecule has 0 amide bonds. The van der Waals surface area contributed by atoms with Crippen LogP contribution in [0, 0.1) is 17.0 Å². The number of hydrogen-bond donors (Lipinski definition) is 1. The minimum Gasteiger partial charge on any atom is -0.469 e. The zero-order valence-corrected chi connectivity index (χ0v) is 10.3. The van der Waals surface area contributed by atoms with E-state index < -0.39 is 4.92 Å². The van der Waals surface area contributed by atoms with Crippen LogP contribution >= 0.6 is 0 Å². The van der Waals surface area contributed by atoms with Gasteiger partial charge in [-0.1, -0.05) is 6.42 Å². The van der Waals surface area contributed by atoms with Crippen molar-refractivity contribution in [3.63, 3.8) is 0 Å². The van der Waals surface area contributed by atoms with Gasteiger partial charge < -0.3 is 10.5 Å². The Kier molecular flexibility index (Phi) is 3.59. The summed E-state index contributed by atoms with van der Waals surface area (Å²) >= 11 is 0. The Bertz CT molecular complexity index is 458. The molecular weight excluding hydrogens is 236 g/mol. The van der Waals surface area contributed by atoms with Crippen LogP contribution in [0.2, 0.25) is 0 Å². The van der Waals surface area contributed by atoms with Gasteiger partial charge in [-0.05, 0) is 32.6 Å². The molecule has 18 heavy (non-hydrogen) atoms. The highest BCUT2D eigenvalue weighted by Gasteiger charge is 2.26. The molecule has 0 atom stereocenters. The van der Waals surface area contributed by atoms with Gasteiger partial charge in [0, 0.05) is 0 Å². The van der Waals surface area contributed by atoms with Crippen molar-refractivity contribution >= 4 is 11.6 Å². The first-order valence-electron chi connectivity index (χ1n) is 6.03. The lowest BCUT2D eigenvalue weighted by atomic mass is 9.98. The van der Waals surface area contributed by atoms with Crippen molar-refractivity contribution in [3.8, 4) is 5.88 Å². The minimum absolute atomic E-state index is 0.00287. The second-order valence-corrected chi connectivity index (χ2v) is 4.46. The number of nitrogens with two attached hydrogens (primary N) is 1. The molecule has 1 aliphatic carbocycles. The van der Waals surface area contributed by atoms with E-state index in [9.17, 15) is 10.1 Å². The average molecular weight is 252 g/mol. The van der Waals surface area contributed by atoms with Gasteiger partial charge in [0.15, 0.2) is 0 Å². The highest BCUT2D eigenvalue weighted by molar-refractivity contribution is 5.47. The van der Waals surface area contributed by atoms with Crippen LogP contribution in [0.1, 0.15) is 37.8 Å². The molecule has 0 radical (unpaired) electrons. The summed E-state index contributed by atoms with van der Waals surface area (Å²) in [6.45, 7) is 1.53. The first-order chi connectivity index (χ1) is 8.58. The predicted molar refractivity (Wildman–Crippen MR) is 65.3 cm³/mol. The maximum absolute atomic E-state index is 11.0. The number of nitrogens with zero attached hydrogens (tertiary/aromatic N) is 3. The van der Waals surface area contributed by atoms with Gasteiger partial charge in [-0.25, -0.2) is 4.98 Å². The number of anilines is 1. The fraction of sp³-hybridized carbons (Fsp3) is 0.636. The van der Waals surface area contributed by atoms with Crippen LogP contribution in [0.25, 0.3) is 0 Å². The Balaban J connectivity index is 2.27. The first kappa shape index (κ1) is 12.5. The molecule has 0 spiro atoms. The number of aromatic nitrogens is 2. The van der Waals surface area contributed by atoms with Gasteiger partial charge in [0.05, 0.1) is 4.92 Å². The van der Waals surface area contributed by atoms with Gasteiger partial charge >= 0.3 is 5.69 Å². The van der Waals surface area contributed by atoms with Crippen molar-refractivity contribution in [1.29, 1.82) is 0 Å². The van der Waals surface area contributed by atoms with Crippen LogP contribution in [0.5, 0.6) is 5.88 Å². The van der Waals surface area contributed by atoms with E-state index in [-0.39, 0.29) is 29.3 Å². The zero-order valence-electron chi connectivity index (χ0n) is 10.3. The molecule has 98 valence electrons. The molecule has 1 heterocycles. The number of nitrogen functional groups attached to an aromatic ring is 1. The second kappa shape index (κ2) is 5.16. The summed E-state index contributed by atoms with van der Waals surface area (Å²) in [5, 5.41) is 11.0. The van der Waals surface area contributed by atoms with Crippen LogP contribution in [0.4, 0.5) is 11.6 Å². The molecule has 1 aromatic rings. The maximum Gasteiger partial charge on any atom is 0.352 e. The molecule has 1 aliphatic rings. The van der Waals surface area contributed by atoms with E-state index in [1.807, 2.05) is 0 Å². The summed E-state index contributed by atoms with van der Waals surface area (Å²) in [7, 11) is 0. The van der Waals surface area contributed by atoms with E-state index in [0.29, 0.717) is 0 Å². The average Bonchev–Trinajstić information content (AvgIpc) is 2.28. The van der Waals surface area contributed by atoms with Crippen molar-refractivity contribution in [3.05, 3.63) is 15.8 Å². The highest BCUT2D eigenvalue weighted by Crippen LogP contribution is 2.31. The molecule has 2 rings (SSSR count). The SMILES string of the molecule is Cc1nc(N)nc(OC2CCCCC2)c1[N+](=O)[O-]. The Morgan fingerprint density at radius 2 is 2.00 bits per heavy atom. The second-order valence-electron chi connectivity index (χ2n) is 4.46. The Morgan fingerprint density at radius 3 is 2.61 bits per heavy atom. The van der Waals surface area contributed by atoms with Gasteiger partial charge in [0.2, 0.25) is 5.95 Å². The third kappa shape index (κ3) is 2.66. The molecule has 0 saturated heterocycles. The molecule has 0 unspecified atom stereocenters. The quantitative estimate of drug-likeness (QED) is 0.651. The fourth-order valence-electron chi connectivity index (χ4n) is 2.19.